The molecule has 0 saturated carbocycles. The number of carbonyl (C=O) groups is 1. The summed E-state index contributed by atoms with van der Waals surface area (Å²) in [5.41, 5.74) is 0.836. The second-order valence-electron chi connectivity index (χ2n) is 4.85. The van der Waals surface area contributed by atoms with E-state index in [2.05, 4.69) is 15.4 Å². The van der Waals surface area contributed by atoms with E-state index in [1.54, 1.807) is 4.68 Å². The van der Waals surface area contributed by atoms with Gasteiger partial charge in [0.25, 0.3) is 0 Å². The summed E-state index contributed by atoms with van der Waals surface area (Å²) in [4.78, 5) is 23.3. The van der Waals surface area contributed by atoms with Crippen LogP contribution in [-0.2, 0) is 0 Å². The fraction of sp³-hybridized carbons (Fsp3) is 0.357. The van der Waals surface area contributed by atoms with Gasteiger partial charge in [-0.05, 0) is 25.9 Å². The van der Waals surface area contributed by atoms with Crippen LogP contribution in [0.15, 0.2) is 35.1 Å². The normalized spacial score (nSPS) is 14.9. The second-order valence-corrected chi connectivity index (χ2v) is 4.85. The van der Waals surface area contributed by atoms with Gasteiger partial charge in [-0.15, -0.1) is 5.10 Å². The fourth-order valence-electron chi connectivity index (χ4n) is 2.36. The van der Waals surface area contributed by atoms with Gasteiger partial charge in [0, 0.05) is 5.56 Å². The third kappa shape index (κ3) is 4.19. The molecule has 118 valence electrons. The van der Waals surface area contributed by atoms with Crippen LogP contribution in [-0.4, -0.2) is 44.2 Å². The zero-order chi connectivity index (χ0) is 15.9. The highest BCUT2D eigenvalue weighted by atomic mass is 16.6. The second kappa shape index (κ2) is 7.41. The monoisotopic (exact) mass is 306 g/mol. The highest BCUT2D eigenvalue weighted by molar-refractivity contribution is 5.53. The summed E-state index contributed by atoms with van der Waals surface area (Å²) in [5.74, 6) is 0.652. The largest absolute Gasteiger partial charge is 0.503 e. The van der Waals surface area contributed by atoms with Crippen molar-refractivity contribution in [1.29, 1.82) is 0 Å². The number of benzene rings is 1. The van der Waals surface area contributed by atoms with Crippen LogP contribution < -0.4 is 11.0 Å². The highest BCUT2D eigenvalue weighted by Crippen LogP contribution is 2.17. The van der Waals surface area contributed by atoms with E-state index in [0.717, 1.165) is 31.5 Å². The van der Waals surface area contributed by atoms with Crippen LogP contribution in [0, 0.1) is 0 Å². The van der Waals surface area contributed by atoms with Crippen LogP contribution in [0.1, 0.15) is 18.9 Å². The number of piperidine rings is 1. The number of hydrogen-bond acceptors (Lipinski definition) is 4. The first-order valence-electron chi connectivity index (χ1n) is 6.95. The zero-order valence-corrected chi connectivity index (χ0v) is 11.9. The molecule has 8 nitrogen and oxygen atoms in total. The molecule has 1 aliphatic rings. The molecule has 1 aromatic carbocycles. The SMILES string of the molecule is O=C(O)O.O=c1[nH]c(-c2ccccc2)nn1C1CCNCC1. The molecule has 3 rings (SSSR count). The van der Waals surface area contributed by atoms with E-state index >= 15 is 0 Å². The zero-order valence-electron chi connectivity index (χ0n) is 11.9. The van der Waals surface area contributed by atoms with Gasteiger partial charge in [0.05, 0.1) is 6.04 Å². The molecule has 4 N–H and O–H groups in total. The van der Waals surface area contributed by atoms with Gasteiger partial charge in [-0.3, -0.25) is 4.98 Å². The number of hydrogen-bond donors (Lipinski definition) is 4. The molecule has 1 saturated heterocycles. The number of aromatic nitrogens is 3. The Morgan fingerprint density at radius 3 is 2.36 bits per heavy atom. The Balaban J connectivity index is 0.000000396. The van der Waals surface area contributed by atoms with Crippen LogP contribution >= 0.6 is 0 Å². The number of carboxylic acid groups (broad SMARTS) is 2. The molecule has 0 radical (unpaired) electrons. The standard InChI is InChI=1S/C13H16N4O.CH2O3/c18-13-15-12(10-4-2-1-3-5-10)16-17(13)11-6-8-14-9-7-11;2-1(3)4/h1-5,11,14H,6-9H2,(H,15,16,18);(H2,2,3,4). The van der Waals surface area contributed by atoms with Crippen molar-refractivity contribution in [3.8, 4) is 11.4 Å². The van der Waals surface area contributed by atoms with Crippen molar-refractivity contribution in [2.24, 2.45) is 0 Å². The molecule has 22 heavy (non-hydrogen) atoms. The maximum Gasteiger partial charge on any atom is 0.503 e. The van der Waals surface area contributed by atoms with Crippen molar-refractivity contribution in [3.63, 3.8) is 0 Å². The van der Waals surface area contributed by atoms with E-state index in [1.807, 2.05) is 30.3 Å². The Morgan fingerprint density at radius 1 is 1.18 bits per heavy atom. The third-order valence-corrected chi connectivity index (χ3v) is 3.34. The molecule has 0 bridgehead atoms. The molecule has 0 unspecified atom stereocenters. The maximum atomic E-state index is 11.9. The number of H-pyrrole nitrogens is 1. The molecular weight excluding hydrogens is 288 g/mol. The van der Waals surface area contributed by atoms with Crippen LogP contribution in [0.2, 0.25) is 0 Å². The smallest absolute Gasteiger partial charge is 0.450 e. The van der Waals surface area contributed by atoms with Gasteiger partial charge in [-0.1, -0.05) is 30.3 Å². The number of nitrogens with one attached hydrogen (secondary N) is 2. The highest BCUT2D eigenvalue weighted by Gasteiger charge is 2.19. The molecule has 0 aliphatic carbocycles. The predicted octanol–water partition coefficient (Wildman–Crippen LogP) is 1.39. The third-order valence-electron chi connectivity index (χ3n) is 3.34. The summed E-state index contributed by atoms with van der Waals surface area (Å²) in [5, 5.41) is 21.7. The van der Waals surface area contributed by atoms with Gasteiger partial charge in [0.15, 0.2) is 5.82 Å². The lowest BCUT2D eigenvalue weighted by Gasteiger charge is -2.21. The summed E-state index contributed by atoms with van der Waals surface area (Å²) < 4.78 is 1.60. The maximum absolute atomic E-state index is 11.9. The van der Waals surface area contributed by atoms with Gasteiger partial charge < -0.3 is 15.5 Å². The van der Waals surface area contributed by atoms with E-state index < -0.39 is 6.16 Å². The molecule has 0 spiro atoms. The minimum Gasteiger partial charge on any atom is -0.450 e. The van der Waals surface area contributed by atoms with Gasteiger partial charge >= 0.3 is 11.8 Å². The van der Waals surface area contributed by atoms with Gasteiger partial charge in [0.2, 0.25) is 0 Å². The van der Waals surface area contributed by atoms with Crippen LogP contribution in [0.4, 0.5) is 4.79 Å². The van der Waals surface area contributed by atoms with Crippen LogP contribution in [0.5, 0.6) is 0 Å². The first kappa shape index (κ1) is 15.8. The number of nitrogens with zero attached hydrogens (tertiary/aromatic N) is 2. The van der Waals surface area contributed by atoms with E-state index in [1.165, 1.54) is 0 Å². The van der Waals surface area contributed by atoms with E-state index in [4.69, 9.17) is 15.0 Å². The van der Waals surface area contributed by atoms with Crippen LogP contribution in [0.25, 0.3) is 11.4 Å². The predicted molar refractivity (Wildman–Crippen MR) is 80.1 cm³/mol. The summed E-state index contributed by atoms with van der Waals surface area (Å²) in [7, 11) is 0. The van der Waals surface area contributed by atoms with Crippen LogP contribution in [0.3, 0.4) is 0 Å². The Bertz CT molecular complexity index is 655. The molecule has 1 aliphatic heterocycles. The molecule has 1 fully saturated rings. The summed E-state index contributed by atoms with van der Waals surface area (Å²) in [6.07, 6.45) is 0.0813. The minimum absolute atomic E-state index is 0.110. The average molecular weight is 306 g/mol. The Hall–Kier alpha value is -2.61. The number of rotatable bonds is 2. The lowest BCUT2D eigenvalue weighted by molar-refractivity contribution is 0.137. The Morgan fingerprint density at radius 2 is 1.77 bits per heavy atom. The van der Waals surface area contributed by atoms with Crippen molar-refractivity contribution in [3.05, 3.63) is 40.8 Å². The van der Waals surface area contributed by atoms with Crippen molar-refractivity contribution in [2.45, 2.75) is 18.9 Å². The number of aromatic amines is 1. The fourth-order valence-corrected chi connectivity index (χ4v) is 2.36. The van der Waals surface area contributed by atoms with E-state index in [-0.39, 0.29) is 11.7 Å². The molecule has 8 heteroatoms. The van der Waals surface area contributed by atoms with Crippen molar-refractivity contribution in [2.75, 3.05) is 13.1 Å². The quantitative estimate of drug-likeness (QED) is 0.665. The molecule has 1 aromatic heterocycles. The minimum atomic E-state index is -1.83. The molecule has 2 aromatic rings. The molecular formula is C14H18N4O4. The first-order chi connectivity index (χ1) is 10.6. The van der Waals surface area contributed by atoms with Crippen molar-refractivity contribution >= 4 is 6.16 Å². The Kier molecular flexibility index (Phi) is 5.31. The summed E-state index contributed by atoms with van der Waals surface area (Å²) in [6.45, 7) is 1.90. The van der Waals surface area contributed by atoms with E-state index in [0.29, 0.717) is 5.82 Å². The summed E-state index contributed by atoms with van der Waals surface area (Å²) >= 11 is 0. The topological polar surface area (TPSA) is 120 Å². The average Bonchev–Trinajstić information content (AvgIpc) is 2.90. The van der Waals surface area contributed by atoms with Gasteiger partial charge in [-0.2, -0.15) is 0 Å². The lowest BCUT2D eigenvalue weighted by Crippen LogP contribution is -2.33. The van der Waals surface area contributed by atoms with Crippen molar-refractivity contribution < 1.29 is 15.0 Å². The lowest BCUT2D eigenvalue weighted by atomic mass is 10.1. The van der Waals surface area contributed by atoms with Crippen molar-refractivity contribution in [1.82, 2.24) is 20.1 Å². The molecule has 0 amide bonds. The summed E-state index contributed by atoms with van der Waals surface area (Å²) in [6, 6.07) is 9.95. The van der Waals surface area contributed by atoms with Gasteiger partial charge in [0.1, 0.15) is 0 Å². The Labute approximate surface area is 126 Å². The van der Waals surface area contributed by atoms with E-state index in [9.17, 15) is 4.79 Å². The molecule has 0 atom stereocenters. The van der Waals surface area contributed by atoms with Gasteiger partial charge in [-0.25, -0.2) is 14.3 Å². The first-order valence-corrected chi connectivity index (χ1v) is 6.95. The molecule has 2 heterocycles.